The highest BCUT2D eigenvalue weighted by Crippen LogP contribution is 2.27. The van der Waals surface area contributed by atoms with Gasteiger partial charge in [0.05, 0.1) is 6.54 Å². The third-order valence-electron chi connectivity index (χ3n) is 3.48. The number of carbonyl (C=O) groups excluding carboxylic acids is 1. The topological polar surface area (TPSA) is 75.6 Å². The summed E-state index contributed by atoms with van der Waals surface area (Å²) in [6.07, 6.45) is 0. The van der Waals surface area contributed by atoms with Crippen LogP contribution in [0.25, 0.3) is 0 Å². The first kappa shape index (κ1) is 18.0. The lowest BCUT2D eigenvalue weighted by atomic mass is 10.0. The van der Waals surface area contributed by atoms with Crippen LogP contribution in [0.15, 0.2) is 30.3 Å². The predicted octanol–water partition coefficient (Wildman–Crippen LogP) is 3.57. The van der Waals surface area contributed by atoms with Crippen LogP contribution in [-0.2, 0) is 11.3 Å². The van der Waals surface area contributed by atoms with E-state index in [0.717, 1.165) is 33.1 Å². The van der Waals surface area contributed by atoms with E-state index in [1.807, 2.05) is 25.1 Å². The van der Waals surface area contributed by atoms with Gasteiger partial charge in [0.15, 0.2) is 6.61 Å². The fraction of sp³-hybridized carbons (Fsp3) is 0.333. The molecule has 0 aliphatic rings. The number of amides is 1. The molecular weight excluding hydrogens is 326 g/mol. The van der Waals surface area contributed by atoms with E-state index in [-0.39, 0.29) is 17.4 Å². The molecule has 1 heterocycles. The molecule has 0 bridgehead atoms. The minimum absolute atomic E-state index is 0.0691. The molecule has 0 aliphatic heterocycles. The molecule has 1 amide bonds. The van der Waals surface area contributed by atoms with Gasteiger partial charge in [0.25, 0.3) is 5.91 Å². The average molecular weight is 347 g/mol. The Labute approximate surface area is 145 Å². The van der Waals surface area contributed by atoms with Crippen LogP contribution in [0, 0.1) is 6.92 Å². The first-order chi connectivity index (χ1) is 11.4. The van der Waals surface area contributed by atoms with Crippen molar-refractivity contribution in [3.63, 3.8) is 0 Å². The third-order valence-corrected chi connectivity index (χ3v) is 4.56. The van der Waals surface area contributed by atoms with Gasteiger partial charge in [-0.1, -0.05) is 26.0 Å². The number of carboxylic acid groups (broad SMARTS) is 1. The number of hydrogen-bond donors (Lipinski definition) is 2. The van der Waals surface area contributed by atoms with Crippen LogP contribution in [0.5, 0.6) is 5.75 Å². The van der Waals surface area contributed by atoms with Gasteiger partial charge in [-0.3, -0.25) is 4.79 Å². The molecule has 0 fully saturated rings. The number of aryl methyl sites for hydroxylation is 1. The first-order valence-corrected chi connectivity index (χ1v) is 8.50. The Hall–Kier alpha value is -2.34. The van der Waals surface area contributed by atoms with Crippen molar-refractivity contribution in [1.29, 1.82) is 0 Å². The maximum absolute atomic E-state index is 11.9. The fourth-order valence-corrected chi connectivity index (χ4v) is 3.00. The lowest BCUT2D eigenvalue weighted by Gasteiger charge is -2.14. The van der Waals surface area contributed by atoms with Gasteiger partial charge in [-0.25, -0.2) is 4.79 Å². The quantitative estimate of drug-likeness (QED) is 0.803. The Bertz CT molecular complexity index is 736. The summed E-state index contributed by atoms with van der Waals surface area (Å²) >= 11 is 1.15. The fourth-order valence-electron chi connectivity index (χ4n) is 2.21. The van der Waals surface area contributed by atoms with Crippen molar-refractivity contribution in [1.82, 2.24) is 5.32 Å². The number of rotatable bonds is 7. The molecule has 0 unspecified atom stereocenters. The van der Waals surface area contributed by atoms with Crippen molar-refractivity contribution in [2.75, 3.05) is 6.61 Å². The molecule has 2 aromatic rings. The van der Waals surface area contributed by atoms with E-state index in [9.17, 15) is 9.59 Å². The van der Waals surface area contributed by atoms with E-state index in [1.54, 1.807) is 6.07 Å². The lowest BCUT2D eigenvalue weighted by Crippen LogP contribution is -2.28. The monoisotopic (exact) mass is 347 g/mol. The SMILES string of the molecule is Cc1ccc(C(C)C)c(OCC(=O)NCc2ccc(C(=O)O)s2)c1. The molecule has 0 spiro atoms. The molecule has 128 valence electrons. The van der Waals surface area contributed by atoms with Gasteiger partial charge < -0.3 is 15.2 Å². The van der Waals surface area contributed by atoms with E-state index in [0.29, 0.717) is 12.5 Å². The summed E-state index contributed by atoms with van der Waals surface area (Å²) in [5.74, 6) is -0.160. The number of carboxylic acids is 1. The molecule has 1 aromatic carbocycles. The van der Waals surface area contributed by atoms with Crippen molar-refractivity contribution in [3.05, 3.63) is 51.2 Å². The molecule has 0 atom stereocenters. The zero-order valence-corrected chi connectivity index (χ0v) is 14.8. The summed E-state index contributed by atoms with van der Waals surface area (Å²) in [6, 6.07) is 9.21. The molecule has 0 saturated carbocycles. The number of thiophene rings is 1. The van der Waals surface area contributed by atoms with Gasteiger partial charge in [0.2, 0.25) is 0 Å². The van der Waals surface area contributed by atoms with Gasteiger partial charge in [0.1, 0.15) is 10.6 Å². The average Bonchev–Trinajstić information content (AvgIpc) is 3.00. The highest BCUT2D eigenvalue weighted by molar-refractivity contribution is 7.13. The highest BCUT2D eigenvalue weighted by Gasteiger charge is 2.11. The Morgan fingerprint density at radius 2 is 2.00 bits per heavy atom. The maximum Gasteiger partial charge on any atom is 0.345 e. The Kier molecular flexibility index (Phi) is 5.98. The van der Waals surface area contributed by atoms with Crippen molar-refractivity contribution in [2.45, 2.75) is 33.2 Å². The van der Waals surface area contributed by atoms with Crippen molar-refractivity contribution in [3.8, 4) is 5.75 Å². The second-order valence-corrected chi connectivity index (χ2v) is 7.00. The van der Waals surface area contributed by atoms with Gasteiger partial charge in [-0.2, -0.15) is 0 Å². The van der Waals surface area contributed by atoms with Crippen LogP contribution in [0.2, 0.25) is 0 Å². The van der Waals surface area contributed by atoms with Gasteiger partial charge >= 0.3 is 5.97 Å². The predicted molar refractivity (Wildman–Crippen MR) is 93.9 cm³/mol. The number of hydrogen-bond acceptors (Lipinski definition) is 4. The smallest absolute Gasteiger partial charge is 0.345 e. The van der Waals surface area contributed by atoms with Gasteiger partial charge in [0, 0.05) is 4.88 Å². The number of benzene rings is 1. The number of aromatic carboxylic acids is 1. The zero-order chi connectivity index (χ0) is 17.7. The maximum atomic E-state index is 11.9. The molecule has 6 heteroatoms. The second-order valence-electron chi connectivity index (χ2n) is 5.83. The standard InChI is InChI=1S/C18H21NO4S/c1-11(2)14-6-4-12(3)8-15(14)23-10-17(20)19-9-13-5-7-16(24-13)18(21)22/h4-8,11H,9-10H2,1-3H3,(H,19,20)(H,21,22). The molecule has 1 aromatic heterocycles. The van der Waals surface area contributed by atoms with Crippen LogP contribution in [0.4, 0.5) is 0 Å². The van der Waals surface area contributed by atoms with Crippen LogP contribution < -0.4 is 10.1 Å². The van der Waals surface area contributed by atoms with Crippen LogP contribution >= 0.6 is 11.3 Å². The third kappa shape index (κ3) is 4.83. The molecule has 24 heavy (non-hydrogen) atoms. The minimum Gasteiger partial charge on any atom is -0.483 e. The Morgan fingerprint density at radius 3 is 2.62 bits per heavy atom. The van der Waals surface area contributed by atoms with Crippen LogP contribution in [-0.4, -0.2) is 23.6 Å². The second kappa shape index (κ2) is 7.97. The highest BCUT2D eigenvalue weighted by atomic mass is 32.1. The van der Waals surface area contributed by atoms with Gasteiger partial charge in [-0.05, 0) is 42.2 Å². The van der Waals surface area contributed by atoms with E-state index < -0.39 is 5.97 Å². The van der Waals surface area contributed by atoms with E-state index in [1.165, 1.54) is 6.07 Å². The largest absolute Gasteiger partial charge is 0.483 e. The Morgan fingerprint density at radius 1 is 1.25 bits per heavy atom. The minimum atomic E-state index is -0.957. The summed E-state index contributed by atoms with van der Waals surface area (Å²) in [7, 11) is 0. The van der Waals surface area contributed by atoms with Gasteiger partial charge in [-0.15, -0.1) is 11.3 Å². The van der Waals surface area contributed by atoms with Crippen molar-refractivity contribution >= 4 is 23.2 Å². The molecule has 2 rings (SSSR count). The Balaban J connectivity index is 1.89. The molecule has 5 nitrogen and oxygen atoms in total. The van der Waals surface area contributed by atoms with Crippen molar-refractivity contribution in [2.24, 2.45) is 0 Å². The normalized spacial score (nSPS) is 10.7. The van der Waals surface area contributed by atoms with E-state index >= 15 is 0 Å². The van der Waals surface area contributed by atoms with Crippen LogP contribution in [0.3, 0.4) is 0 Å². The van der Waals surface area contributed by atoms with E-state index in [2.05, 4.69) is 19.2 Å². The first-order valence-electron chi connectivity index (χ1n) is 7.69. The summed E-state index contributed by atoms with van der Waals surface area (Å²) in [6.45, 7) is 6.36. The zero-order valence-electron chi connectivity index (χ0n) is 14.0. The number of carbonyl (C=O) groups is 2. The summed E-state index contributed by atoms with van der Waals surface area (Å²) < 4.78 is 5.67. The summed E-state index contributed by atoms with van der Waals surface area (Å²) in [5, 5.41) is 11.6. The van der Waals surface area contributed by atoms with Crippen molar-refractivity contribution < 1.29 is 19.4 Å². The number of ether oxygens (including phenoxy) is 1. The summed E-state index contributed by atoms with van der Waals surface area (Å²) in [4.78, 5) is 23.8. The molecule has 0 aliphatic carbocycles. The summed E-state index contributed by atoms with van der Waals surface area (Å²) in [5.41, 5.74) is 2.15. The van der Waals surface area contributed by atoms with Crippen LogP contribution in [0.1, 0.15) is 45.4 Å². The molecular formula is C18H21NO4S. The molecule has 0 radical (unpaired) electrons. The van der Waals surface area contributed by atoms with E-state index in [4.69, 9.17) is 9.84 Å². The molecule has 2 N–H and O–H groups in total. The number of nitrogens with one attached hydrogen (secondary N) is 1. The lowest BCUT2D eigenvalue weighted by molar-refractivity contribution is -0.123. The molecule has 0 saturated heterocycles.